The molecule has 6 nitrogen and oxygen atoms in total. The predicted molar refractivity (Wildman–Crippen MR) is 103 cm³/mol. The second kappa shape index (κ2) is 6.74. The number of fused-ring (bicyclic) bond motifs is 2. The fourth-order valence-electron chi connectivity index (χ4n) is 3.24. The largest absolute Gasteiger partial charge is 0.463 e. The third-order valence-electron chi connectivity index (χ3n) is 4.62. The average Bonchev–Trinajstić information content (AvgIpc) is 3.42. The van der Waals surface area contributed by atoms with Crippen LogP contribution in [0.4, 0.5) is 0 Å². The number of benzene rings is 2. The number of nitrogens with one attached hydrogen (secondary N) is 1. The number of nitrogens with zero attached hydrogens (tertiary/aromatic N) is 1. The van der Waals surface area contributed by atoms with Crippen LogP contribution >= 0.6 is 0 Å². The van der Waals surface area contributed by atoms with Gasteiger partial charge in [-0.25, -0.2) is 4.98 Å². The molecule has 4 aromatic rings. The van der Waals surface area contributed by atoms with E-state index in [0.717, 1.165) is 22.2 Å². The second-order valence-electron chi connectivity index (χ2n) is 6.42. The predicted octanol–water partition coefficient (Wildman–Crippen LogP) is 4.15. The topological polar surface area (TPSA) is 73.6 Å². The maximum atomic E-state index is 13.0. The van der Waals surface area contributed by atoms with Gasteiger partial charge in [0.2, 0.25) is 6.79 Å². The van der Waals surface area contributed by atoms with E-state index in [2.05, 4.69) is 10.3 Å². The molecular formula is C22H16N2O4. The minimum absolute atomic E-state index is 0.177. The summed E-state index contributed by atoms with van der Waals surface area (Å²) in [4.78, 5) is 17.6. The second-order valence-corrected chi connectivity index (χ2v) is 6.42. The molecule has 0 unspecified atom stereocenters. The number of pyridine rings is 1. The van der Waals surface area contributed by atoms with E-state index < -0.39 is 0 Å². The molecule has 28 heavy (non-hydrogen) atoms. The molecule has 1 aliphatic rings. The Balaban J connectivity index is 1.45. The molecule has 0 aliphatic carbocycles. The molecule has 0 saturated heterocycles. The number of ether oxygens (including phenoxy) is 2. The number of aromatic nitrogens is 1. The summed E-state index contributed by atoms with van der Waals surface area (Å²) in [6.45, 7) is 0.603. The van der Waals surface area contributed by atoms with Gasteiger partial charge in [-0.3, -0.25) is 4.79 Å². The highest BCUT2D eigenvalue weighted by Gasteiger charge is 2.16. The van der Waals surface area contributed by atoms with Crippen molar-refractivity contribution in [1.29, 1.82) is 0 Å². The highest BCUT2D eigenvalue weighted by molar-refractivity contribution is 6.07. The van der Waals surface area contributed by atoms with Gasteiger partial charge in [0.25, 0.3) is 5.91 Å². The number of carbonyl (C=O) groups excluding carboxylic acids is 1. The minimum Gasteiger partial charge on any atom is -0.463 e. The minimum atomic E-state index is -0.177. The molecule has 0 fully saturated rings. The van der Waals surface area contributed by atoms with Gasteiger partial charge in [0, 0.05) is 11.9 Å². The van der Waals surface area contributed by atoms with Gasteiger partial charge in [-0.05, 0) is 42.0 Å². The monoisotopic (exact) mass is 372 g/mol. The normalized spacial score (nSPS) is 12.3. The Morgan fingerprint density at radius 1 is 1.00 bits per heavy atom. The summed E-state index contributed by atoms with van der Waals surface area (Å²) < 4.78 is 16.2. The van der Waals surface area contributed by atoms with Crippen LogP contribution in [-0.4, -0.2) is 17.7 Å². The summed E-state index contributed by atoms with van der Waals surface area (Å²) in [5.41, 5.74) is 2.85. The average molecular weight is 372 g/mol. The molecule has 1 N–H and O–H groups in total. The van der Waals surface area contributed by atoms with Crippen LogP contribution in [0, 0.1) is 0 Å². The molecule has 0 atom stereocenters. The molecule has 0 saturated carbocycles. The molecule has 5 rings (SSSR count). The number of hydrogen-bond acceptors (Lipinski definition) is 5. The molecule has 3 heterocycles. The molecule has 1 amide bonds. The van der Waals surface area contributed by atoms with Crippen molar-refractivity contribution >= 4 is 16.8 Å². The Labute approximate surface area is 160 Å². The standard InChI is InChI=1S/C22H16N2O4/c25-22(23-12-14-7-8-20-21(10-14)28-13-27-20)16-11-18(19-6-3-9-26-19)24-17-5-2-1-4-15(16)17/h1-11H,12-13H2,(H,23,25). The Hall–Kier alpha value is -3.80. The quantitative estimate of drug-likeness (QED) is 0.582. The summed E-state index contributed by atoms with van der Waals surface area (Å²) in [5, 5.41) is 3.77. The smallest absolute Gasteiger partial charge is 0.252 e. The van der Waals surface area contributed by atoms with Gasteiger partial charge in [0.05, 0.1) is 17.3 Å². The molecule has 1 aliphatic heterocycles. The number of hydrogen-bond donors (Lipinski definition) is 1. The molecule has 2 aromatic carbocycles. The van der Waals surface area contributed by atoms with E-state index in [1.807, 2.05) is 48.5 Å². The number of rotatable bonds is 4. The zero-order valence-corrected chi connectivity index (χ0v) is 14.8. The molecule has 0 spiro atoms. The first-order valence-electron chi connectivity index (χ1n) is 8.88. The molecule has 2 aromatic heterocycles. The van der Waals surface area contributed by atoms with Crippen molar-refractivity contribution in [2.24, 2.45) is 0 Å². The van der Waals surface area contributed by atoms with Crippen molar-refractivity contribution in [3.63, 3.8) is 0 Å². The van der Waals surface area contributed by atoms with Crippen molar-refractivity contribution in [3.05, 3.63) is 78.1 Å². The maximum absolute atomic E-state index is 13.0. The summed E-state index contributed by atoms with van der Waals surface area (Å²) in [6, 6.07) is 18.6. The summed E-state index contributed by atoms with van der Waals surface area (Å²) in [7, 11) is 0. The van der Waals surface area contributed by atoms with Crippen LogP contribution < -0.4 is 14.8 Å². The molecule has 6 heteroatoms. The van der Waals surface area contributed by atoms with E-state index in [4.69, 9.17) is 13.9 Å². The van der Waals surface area contributed by atoms with E-state index >= 15 is 0 Å². The van der Waals surface area contributed by atoms with Crippen molar-refractivity contribution in [3.8, 4) is 23.0 Å². The molecule has 0 radical (unpaired) electrons. The van der Waals surface area contributed by atoms with Crippen LogP contribution in [0.2, 0.25) is 0 Å². The van der Waals surface area contributed by atoms with Gasteiger partial charge in [0.1, 0.15) is 5.69 Å². The van der Waals surface area contributed by atoms with E-state index in [9.17, 15) is 4.79 Å². The van der Waals surface area contributed by atoms with Gasteiger partial charge in [-0.1, -0.05) is 24.3 Å². The lowest BCUT2D eigenvalue weighted by Crippen LogP contribution is -2.23. The van der Waals surface area contributed by atoms with Gasteiger partial charge in [-0.2, -0.15) is 0 Å². The molecule has 138 valence electrons. The third-order valence-corrected chi connectivity index (χ3v) is 4.62. The van der Waals surface area contributed by atoms with Crippen LogP contribution in [0.15, 0.2) is 71.3 Å². The van der Waals surface area contributed by atoms with Crippen LogP contribution in [0.25, 0.3) is 22.4 Å². The van der Waals surface area contributed by atoms with Crippen LogP contribution in [0.1, 0.15) is 15.9 Å². The third kappa shape index (κ3) is 2.95. The summed E-state index contributed by atoms with van der Waals surface area (Å²) in [5.74, 6) is 1.86. The lowest BCUT2D eigenvalue weighted by atomic mass is 10.1. The number of furan rings is 1. The fraction of sp³-hybridized carbons (Fsp3) is 0.0909. The SMILES string of the molecule is O=C(NCc1ccc2c(c1)OCO2)c1cc(-c2ccco2)nc2ccccc12. The first-order valence-corrected chi connectivity index (χ1v) is 8.88. The highest BCUT2D eigenvalue weighted by Crippen LogP contribution is 2.32. The van der Waals surface area contributed by atoms with Gasteiger partial charge < -0.3 is 19.2 Å². The Bertz CT molecular complexity index is 1170. The Kier molecular flexibility index (Phi) is 3.94. The lowest BCUT2D eigenvalue weighted by Gasteiger charge is -2.10. The lowest BCUT2D eigenvalue weighted by molar-refractivity contribution is 0.0952. The molecule has 0 bridgehead atoms. The number of carbonyl (C=O) groups is 1. The van der Waals surface area contributed by atoms with Gasteiger partial charge in [-0.15, -0.1) is 0 Å². The zero-order chi connectivity index (χ0) is 18.9. The summed E-state index contributed by atoms with van der Waals surface area (Å²) >= 11 is 0. The Morgan fingerprint density at radius 2 is 1.89 bits per heavy atom. The summed E-state index contributed by atoms with van der Waals surface area (Å²) in [6.07, 6.45) is 1.59. The van der Waals surface area contributed by atoms with Crippen molar-refractivity contribution in [1.82, 2.24) is 10.3 Å². The van der Waals surface area contributed by atoms with Crippen molar-refractivity contribution < 1.29 is 18.7 Å². The highest BCUT2D eigenvalue weighted by atomic mass is 16.7. The first kappa shape index (κ1) is 16.4. The Morgan fingerprint density at radius 3 is 2.79 bits per heavy atom. The van der Waals surface area contributed by atoms with Crippen molar-refractivity contribution in [2.45, 2.75) is 6.54 Å². The van der Waals surface area contributed by atoms with Crippen LogP contribution in [0.5, 0.6) is 11.5 Å². The number of amides is 1. The van der Waals surface area contributed by atoms with E-state index in [-0.39, 0.29) is 12.7 Å². The van der Waals surface area contributed by atoms with E-state index in [1.165, 1.54) is 0 Å². The van der Waals surface area contributed by atoms with E-state index in [1.54, 1.807) is 18.4 Å². The number of para-hydroxylation sites is 1. The molecular weight excluding hydrogens is 356 g/mol. The van der Waals surface area contributed by atoms with Crippen molar-refractivity contribution in [2.75, 3.05) is 6.79 Å². The maximum Gasteiger partial charge on any atom is 0.252 e. The van der Waals surface area contributed by atoms with Gasteiger partial charge in [0.15, 0.2) is 17.3 Å². The zero-order valence-electron chi connectivity index (χ0n) is 14.8. The van der Waals surface area contributed by atoms with E-state index in [0.29, 0.717) is 29.3 Å². The van der Waals surface area contributed by atoms with Gasteiger partial charge >= 0.3 is 0 Å². The van der Waals surface area contributed by atoms with Crippen LogP contribution in [0.3, 0.4) is 0 Å². The fourth-order valence-corrected chi connectivity index (χ4v) is 3.24. The van der Waals surface area contributed by atoms with Crippen LogP contribution in [-0.2, 0) is 6.54 Å². The first-order chi connectivity index (χ1) is 13.8.